The molecule has 1 aromatic heterocycles. The molecule has 0 atom stereocenters. The van der Waals surface area contributed by atoms with Crippen LogP contribution in [0.4, 0.5) is 0 Å². The predicted octanol–water partition coefficient (Wildman–Crippen LogP) is 1.34. The number of aromatic nitrogens is 2. The summed E-state index contributed by atoms with van der Waals surface area (Å²) in [5.74, 6) is 1.01. The molecule has 0 unspecified atom stereocenters. The molecule has 0 aliphatic heterocycles. The molecular weight excluding hydrogens is 214 g/mol. The second kappa shape index (κ2) is 5.19. The minimum absolute atomic E-state index is 0.550. The van der Waals surface area contributed by atoms with Gasteiger partial charge in [0, 0.05) is 31.4 Å². The Morgan fingerprint density at radius 2 is 2.24 bits per heavy atom. The summed E-state index contributed by atoms with van der Waals surface area (Å²) in [7, 11) is 2.00. The monoisotopic (exact) mass is 237 g/mol. The molecule has 1 aliphatic carbocycles. The van der Waals surface area contributed by atoms with Gasteiger partial charge >= 0.3 is 0 Å². The van der Waals surface area contributed by atoms with Crippen molar-refractivity contribution in [2.75, 3.05) is 7.05 Å². The van der Waals surface area contributed by atoms with E-state index in [0.717, 1.165) is 38.1 Å². The summed E-state index contributed by atoms with van der Waals surface area (Å²) in [6.45, 7) is 3.03. The highest BCUT2D eigenvalue weighted by Crippen LogP contribution is 2.31. The molecule has 1 fully saturated rings. The number of imidazole rings is 1. The van der Waals surface area contributed by atoms with Crippen LogP contribution in [0.3, 0.4) is 0 Å². The molecule has 96 valence electrons. The summed E-state index contributed by atoms with van der Waals surface area (Å²) in [6, 6.07) is 0.571. The zero-order chi connectivity index (χ0) is 12.3. The van der Waals surface area contributed by atoms with Gasteiger partial charge in [-0.15, -0.1) is 0 Å². The van der Waals surface area contributed by atoms with Gasteiger partial charge in [0.2, 0.25) is 0 Å². The Balaban J connectivity index is 1.99. The van der Waals surface area contributed by atoms with Crippen molar-refractivity contribution >= 4 is 0 Å². The fourth-order valence-corrected chi connectivity index (χ4v) is 2.71. The van der Waals surface area contributed by atoms with Gasteiger partial charge in [0.1, 0.15) is 5.82 Å². The average Bonchev–Trinajstić information content (AvgIpc) is 2.77. The van der Waals surface area contributed by atoms with Crippen LogP contribution >= 0.6 is 0 Å². The lowest BCUT2D eigenvalue weighted by molar-refractivity contribution is -0.00467. The van der Waals surface area contributed by atoms with Crippen molar-refractivity contribution in [2.45, 2.75) is 57.2 Å². The molecule has 0 spiro atoms. The molecule has 1 saturated carbocycles. The maximum absolute atomic E-state index is 10.6. The zero-order valence-corrected chi connectivity index (χ0v) is 10.8. The molecule has 1 aliphatic rings. The summed E-state index contributed by atoms with van der Waals surface area (Å²) in [4.78, 5) is 4.35. The van der Waals surface area contributed by atoms with Crippen molar-refractivity contribution in [3.05, 3.63) is 18.2 Å². The van der Waals surface area contributed by atoms with E-state index in [1.165, 1.54) is 0 Å². The first-order chi connectivity index (χ1) is 8.17. The second-order valence-electron chi connectivity index (χ2n) is 5.09. The largest absolute Gasteiger partial charge is 0.389 e. The Morgan fingerprint density at radius 3 is 2.82 bits per heavy atom. The van der Waals surface area contributed by atoms with Crippen molar-refractivity contribution in [1.82, 2.24) is 14.9 Å². The Bertz CT molecular complexity index is 353. The Hall–Kier alpha value is -0.870. The minimum atomic E-state index is -0.550. The van der Waals surface area contributed by atoms with Gasteiger partial charge in [-0.1, -0.05) is 0 Å². The fourth-order valence-electron chi connectivity index (χ4n) is 2.71. The van der Waals surface area contributed by atoms with Gasteiger partial charge in [0.15, 0.2) is 0 Å². The van der Waals surface area contributed by atoms with Crippen LogP contribution in [0.5, 0.6) is 0 Å². The van der Waals surface area contributed by atoms with Crippen LogP contribution in [0.25, 0.3) is 0 Å². The van der Waals surface area contributed by atoms with Crippen LogP contribution in [-0.4, -0.2) is 33.3 Å². The number of hydrogen-bond acceptors (Lipinski definition) is 3. The molecule has 0 saturated heterocycles. The van der Waals surface area contributed by atoms with Crippen LogP contribution in [0.1, 0.15) is 38.4 Å². The number of aryl methyl sites for hydroxylation is 1. The number of rotatable bonds is 4. The van der Waals surface area contributed by atoms with Gasteiger partial charge in [-0.2, -0.15) is 0 Å². The van der Waals surface area contributed by atoms with Crippen LogP contribution in [0.2, 0.25) is 0 Å². The molecule has 1 heterocycles. The summed E-state index contributed by atoms with van der Waals surface area (Å²) in [5, 5.41) is 13.9. The van der Waals surface area contributed by atoms with Gasteiger partial charge in [-0.05, 0) is 39.7 Å². The Labute approximate surface area is 103 Å². The molecule has 4 heteroatoms. The molecule has 0 radical (unpaired) electrons. The highest BCUT2D eigenvalue weighted by atomic mass is 16.3. The lowest BCUT2D eigenvalue weighted by Crippen LogP contribution is -2.42. The van der Waals surface area contributed by atoms with E-state index in [4.69, 9.17) is 0 Å². The molecule has 4 nitrogen and oxygen atoms in total. The smallest absolute Gasteiger partial charge is 0.111 e. The molecule has 1 aromatic rings. The Morgan fingerprint density at radius 1 is 1.53 bits per heavy atom. The van der Waals surface area contributed by atoms with E-state index in [9.17, 15) is 5.11 Å². The normalized spacial score (nSPS) is 29.5. The molecule has 0 amide bonds. The molecule has 0 aromatic carbocycles. The maximum atomic E-state index is 10.6. The first-order valence-electron chi connectivity index (χ1n) is 6.56. The van der Waals surface area contributed by atoms with E-state index in [2.05, 4.69) is 21.8 Å². The van der Waals surface area contributed by atoms with Crippen molar-refractivity contribution in [3.63, 3.8) is 0 Å². The molecule has 17 heavy (non-hydrogen) atoms. The van der Waals surface area contributed by atoms with E-state index in [0.29, 0.717) is 12.5 Å². The molecule has 2 N–H and O–H groups in total. The third kappa shape index (κ3) is 2.87. The summed E-state index contributed by atoms with van der Waals surface area (Å²) in [6.07, 6.45) is 8.34. The van der Waals surface area contributed by atoms with Gasteiger partial charge < -0.3 is 15.0 Å². The fraction of sp³-hybridized carbons (Fsp3) is 0.769. The molecule has 2 rings (SSSR count). The lowest BCUT2D eigenvalue weighted by Gasteiger charge is -2.35. The highest BCUT2D eigenvalue weighted by molar-refractivity contribution is 5.00. The summed E-state index contributed by atoms with van der Waals surface area (Å²) < 4.78 is 2.11. The van der Waals surface area contributed by atoms with Crippen LogP contribution < -0.4 is 5.32 Å². The van der Waals surface area contributed by atoms with E-state index in [-0.39, 0.29) is 0 Å². The van der Waals surface area contributed by atoms with Crippen LogP contribution in [0.15, 0.2) is 12.4 Å². The van der Waals surface area contributed by atoms with E-state index in [1.54, 1.807) is 0 Å². The molecule has 0 bridgehead atoms. The number of nitrogens with one attached hydrogen (secondary N) is 1. The maximum Gasteiger partial charge on any atom is 0.111 e. The topological polar surface area (TPSA) is 50.1 Å². The van der Waals surface area contributed by atoms with E-state index >= 15 is 0 Å². The Kier molecular flexibility index (Phi) is 3.84. The molecular formula is C13H23N3O. The van der Waals surface area contributed by atoms with Crippen molar-refractivity contribution in [2.24, 2.45) is 0 Å². The van der Waals surface area contributed by atoms with E-state index in [1.807, 2.05) is 19.4 Å². The van der Waals surface area contributed by atoms with Crippen molar-refractivity contribution < 1.29 is 5.11 Å². The predicted molar refractivity (Wildman–Crippen MR) is 67.9 cm³/mol. The first-order valence-corrected chi connectivity index (χ1v) is 6.56. The number of hydrogen-bond donors (Lipinski definition) is 2. The van der Waals surface area contributed by atoms with Gasteiger partial charge in [0.05, 0.1) is 5.60 Å². The van der Waals surface area contributed by atoms with Gasteiger partial charge in [0.25, 0.3) is 0 Å². The SMILES string of the molecule is CCn1ccnc1CC1(O)CCC(NC)CC1. The lowest BCUT2D eigenvalue weighted by atomic mass is 9.80. The number of nitrogens with zero attached hydrogens (tertiary/aromatic N) is 2. The summed E-state index contributed by atoms with van der Waals surface area (Å²) >= 11 is 0. The highest BCUT2D eigenvalue weighted by Gasteiger charge is 2.33. The van der Waals surface area contributed by atoms with E-state index < -0.39 is 5.60 Å². The van der Waals surface area contributed by atoms with Crippen molar-refractivity contribution in [1.29, 1.82) is 0 Å². The zero-order valence-electron chi connectivity index (χ0n) is 10.8. The van der Waals surface area contributed by atoms with Gasteiger partial charge in [-0.3, -0.25) is 0 Å². The third-order valence-electron chi connectivity index (χ3n) is 3.95. The van der Waals surface area contributed by atoms with Crippen LogP contribution in [0, 0.1) is 0 Å². The quantitative estimate of drug-likeness (QED) is 0.831. The van der Waals surface area contributed by atoms with Crippen molar-refractivity contribution in [3.8, 4) is 0 Å². The third-order valence-corrected chi connectivity index (χ3v) is 3.95. The summed E-state index contributed by atoms with van der Waals surface area (Å²) in [5.41, 5.74) is -0.550. The van der Waals surface area contributed by atoms with Gasteiger partial charge in [-0.25, -0.2) is 4.98 Å². The minimum Gasteiger partial charge on any atom is -0.389 e. The second-order valence-corrected chi connectivity index (χ2v) is 5.09. The standard InChI is InChI=1S/C13H23N3O/c1-3-16-9-8-15-12(16)10-13(17)6-4-11(14-2)5-7-13/h8-9,11,14,17H,3-7,10H2,1-2H3. The first kappa shape index (κ1) is 12.6. The average molecular weight is 237 g/mol. The number of aliphatic hydroxyl groups is 1. The van der Waals surface area contributed by atoms with Crippen LogP contribution in [-0.2, 0) is 13.0 Å².